The molecule has 1 rings (SSSR count). The second-order valence-corrected chi connectivity index (χ2v) is 5.09. The number of methoxy groups -OCH3 is 1. The molecule has 0 aliphatic rings. The molecule has 0 saturated heterocycles. The Morgan fingerprint density at radius 3 is 2.19 bits per heavy atom. The molecule has 0 aliphatic carbocycles. The van der Waals surface area contributed by atoms with Gasteiger partial charge in [0.25, 0.3) is 0 Å². The van der Waals surface area contributed by atoms with Crippen LogP contribution in [0.25, 0.3) is 0 Å². The molecule has 2 heteroatoms. The van der Waals surface area contributed by atoms with Crippen LogP contribution in [0.1, 0.15) is 50.3 Å². The number of aliphatic hydroxyl groups is 1. The summed E-state index contributed by atoms with van der Waals surface area (Å²) in [5.41, 5.74) is 2.24. The van der Waals surface area contributed by atoms with Crippen molar-refractivity contribution in [3.63, 3.8) is 0 Å². The van der Waals surface area contributed by atoms with Crippen LogP contribution in [-0.4, -0.2) is 12.2 Å². The topological polar surface area (TPSA) is 29.5 Å². The molecular formula is C14H22O2. The third kappa shape index (κ3) is 2.38. The van der Waals surface area contributed by atoms with Gasteiger partial charge in [0.1, 0.15) is 5.75 Å². The molecule has 0 atom stereocenters. The Labute approximate surface area is 98.3 Å². The van der Waals surface area contributed by atoms with Crippen molar-refractivity contribution in [2.24, 2.45) is 0 Å². The molecule has 0 unspecified atom stereocenters. The molecule has 0 saturated carbocycles. The highest BCUT2D eigenvalue weighted by Gasteiger charge is 2.26. The normalized spacial score (nSPS) is 12.0. The number of ether oxygens (including phenoxy) is 1. The molecule has 2 nitrogen and oxygen atoms in total. The van der Waals surface area contributed by atoms with Gasteiger partial charge in [0.15, 0.2) is 0 Å². The zero-order valence-corrected chi connectivity index (χ0v) is 11.1. The maximum atomic E-state index is 10.3. The number of hydrogen-bond acceptors (Lipinski definition) is 2. The molecule has 0 radical (unpaired) electrons. The van der Waals surface area contributed by atoms with E-state index in [4.69, 9.17) is 4.74 Å². The van der Waals surface area contributed by atoms with E-state index in [1.807, 2.05) is 13.0 Å². The summed E-state index contributed by atoms with van der Waals surface area (Å²) < 4.78 is 5.43. The summed E-state index contributed by atoms with van der Waals surface area (Å²) in [5.74, 6) is 1.18. The lowest BCUT2D eigenvalue weighted by atomic mass is 9.85. The van der Waals surface area contributed by atoms with Crippen LogP contribution in [-0.2, 0) is 5.60 Å². The summed E-state index contributed by atoms with van der Waals surface area (Å²) in [7, 11) is 1.65. The smallest absolute Gasteiger partial charge is 0.128 e. The zero-order valence-electron chi connectivity index (χ0n) is 11.1. The Hall–Kier alpha value is -1.02. The van der Waals surface area contributed by atoms with Crippen LogP contribution in [0.2, 0.25) is 0 Å². The third-order valence-corrected chi connectivity index (χ3v) is 2.82. The van der Waals surface area contributed by atoms with E-state index in [1.54, 1.807) is 21.0 Å². The van der Waals surface area contributed by atoms with E-state index >= 15 is 0 Å². The molecule has 0 bridgehead atoms. The Morgan fingerprint density at radius 2 is 1.81 bits per heavy atom. The first-order valence-corrected chi connectivity index (χ1v) is 5.69. The molecule has 1 N–H and O–H groups in total. The summed E-state index contributed by atoms with van der Waals surface area (Å²) >= 11 is 0. The number of hydrogen-bond donors (Lipinski definition) is 1. The van der Waals surface area contributed by atoms with Crippen molar-refractivity contribution >= 4 is 0 Å². The minimum absolute atomic E-state index is 0.371. The van der Waals surface area contributed by atoms with Gasteiger partial charge in [-0.2, -0.15) is 0 Å². The number of benzene rings is 1. The Morgan fingerprint density at radius 1 is 1.25 bits per heavy atom. The second kappa shape index (κ2) is 4.46. The quantitative estimate of drug-likeness (QED) is 0.849. The second-order valence-electron chi connectivity index (χ2n) is 5.09. The maximum absolute atomic E-state index is 10.3. The van der Waals surface area contributed by atoms with Gasteiger partial charge in [-0.05, 0) is 37.8 Å². The Balaban J connectivity index is 3.54. The molecule has 0 aromatic heterocycles. The summed E-state index contributed by atoms with van der Waals surface area (Å²) in [4.78, 5) is 0. The summed E-state index contributed by atoms with van der Waals surface area (Å²) in [6, 6.07) is 4.12. The van der Waals surface area contributed by atoms with Crippen molar-refractivity contribution < 1.29 is 9.84 Å². The van der Waals surface area contributed by atoms with Crippen molar-refractivity contribution in [1.82, 2.24) is 0 Å². The molecule has 0 heterocycles. The predicted octanol–water partition coefficient (Wildman–Crippen LogP) is 3.35. The van der Waals surface area contributed by atoms with Gasteiger partial charge in [0, 0.05) is 5.56 Å². The van der Waals surface area contributed by atoms with Gasteiger partial charge >= 0.3 is 0 Å². The minimum Gasteiger partial charge on any atom is -0.496 e. The van der Waals surface area contributed by atoms with Crippen molar-refractivity contribution in [3.8, 4) is 5.75 Å². The highest BCUT2D eigenvalue weighted by molar-refractivity contribution is 5.49. The summed E-state index contributed by atoms with van der Waals surface area (Å²) in [6.07, 6.45) is 0. The minimum atomic E-state index is -0.878. The van der Waals surface area contributed by atoms with Gasteiger partial charge in [0.2, 0.25) is 0 Å². The molecule has 90 valence electrons. The summed E-state index contributed by atoms with van der Waals surface area (Å²) in [5, 5.41) is 10.3. The Kier molecular flexibility index (Phi) is 3.64. The maximum Gasteiger partial charge on any atom is 0.128 e. The first-order chi connectivity index (χ1) is 7.29. The van der Waals surface area contributed by atoms with E-state index in [1.165, 1.54) is 0 Å². The zero-order chi connectivity index (χ0) is 12.5. The van der Waals surface area contributed by atoms with Crippen LogP contribution < -0.4 is 4.74 Å². The van der Waals surface area contributed by atoms with Crippen LogP contribution in [0, 0.1) is 6.92 Å². The standard InChI is InChI=1S/C14H22O2/c1-9(2)11-8-7-10(3)13(16-6)12(11)14(4,5)15/h7-9,15H,1-6H3. The van der Waals surface area contributed by atoms with Crippen LogP contribution in [0.3, 0.4) is 0 Å². The van der Waals surface area contributed by atoms with E-state index in [0.717, 1.165) is 22.4 Å². The van der Waals surface area contributed by atoms with Crippen LogP contribution in [0.5, 0.6) is 5.75 Å². The first-order valence-electron chi connectivity index (χ1n) is 5.69. The first kappa shape index (κ1) is 13.0. The van der Waals surface area contributed by atoms with E-state index in [2.05, 4.69) is 19.9 Å². The molecule has 0 aliphatic heterocycles. The fourth-order valence-electron chi connectivity index (χ4n) is 2.08. The molecule has 1 aromatic rings. The van der Waals surface area contributed by atoms with E-state index < -0.39 is 5.60 Å². The largest absolute Gasteiger partial charge is 0.496 e. The van der Waals surface area contributed by atoms with E-state index in [0.29, 0.717) is 5.92 Å². The van der Waals surface area contributed by atoms with Crippen molar-refractivity contribution in [2.75, 3.05) is 7.11 Å². The lowest BCUT2D eigenvalue weighted by molar-refractivity contribution is 0.0742. The molecular weight excluding hydrogens is 200 g/mol. The Bertz CT molecular complexity index is 373. The van der Waals surface area contributed by atoms with Gasteiger partial charge in [-0.1, -0.05) is 26.0 Å². The summed E-state index contributed by atoms with van der Waals surface area (Å²) in [6.45, 7) is 9.85. The van der Waals surface area contributed by atoms with E-state index in [-0.39, 0.29) is 0 Å². The van der Waals surface area contributed by atoms with Crippen molar-refractivity contribution in [3.05, 3.63) is 28.8 Å². The van der Waals surface area contributed by atoms with Crippen LogP contribution in [0.15, 0.2) is 12.1 Å². The monoisotopic (exact) mass is 222 g/mol. The van der Waals surface area contributed by atoms with Gasteiger partial charge < -0.3 is 9.84 Å². The lowest BCUT2D eigenvalue weighted by Crippen LogP contribution is -2.20. The third-order valence-electron chi connectivity index (χ3n) is 2.82. The molecule has 0 amide bonds. The van der Waals surface area contributed by atoms with Gasteiger partial charge in [-0.15, -0.1) is 0 Å². The van der Waals surface area contributed by atoms with Crippen LogP contribution >= 0.6 is 0 Å². The lowest BCUT2D eigenvalue weighted by Gasteiger charge is -2.27. The van der Waals surface area contributed by atoms with Gasteiger partial charge in [-0.3, -0.25) is 0 Å². The van der Waals surface area contributed by atoms with Gasteiger partial charge in [0.05, 0.1) is 12.7 Å². The highest BCUT2D eigenvalue weighted by atomic mass is 16.5. The van der Waals surface area contributed by atoms with Crippen molar-refractivity contribution in [2.45, 2.75) is 46.1 Å². The fraction of sp³-hybridized carbons (Fsp3) is 0.571. The molecule has 16 heavy (non-hydrogen) atoms. The van der Waals surface area contributed by atoms with Crippen molar-refractivity contribution in [1.29, 1.82) is 0 Å². The molecule has 0 fully saturated rings. The average Bonchev–Trinajstić information content (AvgIpc) is 2.15. The SMILES string of the molecule is COc1c(C)ccc(C(C)C)c1C(C)(C)O. The van der Waals surface area contributed by atoms with Gasteiger partial charge in [-0.25, -0.2) is 0 Å². The average molecular weight is 222 g/mol. The number of aryl methyl sites for hydroxylation is 1. The molecule has 1 aromatic carbocycles. The molecule has 0 spiro atoms. The van der Waals surface area contributed by atoms with Crippen LogP contribution in [0.4, 0.5) is 0 Å². The highest BCUT2D eigenvalue weighted by Crippen LogP contribution is 2.38. The predicted molar refractivity (Wildman–Crippen MR) is 67.1 cm³/mol. The van der Waals surface area contributed by atoms with E-state index in [9.17, 15) is 5.11 Å². The fourth-order valence-corrected chi connectivity index (χ4v) is 2.08. The number of rotatable bonds is 3.